The second-order valence-corrected chi connectivity index (χ2v) is 8.98. The van der Waals surface area contributed by atoms with E-state index in [1.165, 1.54) is 16.6 Å². The number of halogens is 4. The molecule has 27 heavy (non-hydrogen) atoms. The van der Waals surface area contributed by atoms with Crippen LogP contribution in [0.2, 0.25) is 15.1 Å². The van der Waals surface area contributed by atoms with Gasteiger partial charge in [-0.1, -0.05) is 34.8 Å². The van der Waals surface area contributed by atoms with Gasteiger partial charge in [-0.25, -0.2) is 17.5 Å². The van der Waals surface area contributed by atoms with Gasteiger partial charge in [0.05, 0.1) is 27.8 Å². The van der Waals surface area contributed by atoms with Gasteiger partial charge in [-0.15, -0.1) is 0 Å². The molecular weight excluding hydrogens is 442 g/mol. The fraction of sp³-hybridized carbons (Fsp3) is 0.333. The zero-order chi connectivity index (χ0) is 19.8. The van der Waals surface area contributed by atoms with E-state index in [9.17, 15) is 17.6 Å². The van der Waals surface area contributed by atoms with E-state index in [0.29, 0.717) is 13.1 Å². The Bertz CT molecular complexity index is 1020. The lowest BCUT2D eigenvalue weighted by molar-refractivity contribution is 0.143. The molecule has 0 bridgehead atoms. The number of aromatic nitrogens is 2. The molecule has 0 amide bonds. The summed E-state index contributed by atoms with van der Waals surface area (Å²) in [6.45, 7) is 1.32. The Morgan fingerprint density at radius 2 is 1.74 bits per heavy atom. The smallest absolute Gasteiger partial charge is 0.282 e. The molecule has 0 radical (unpaired) electrons. The highest BCUT2D eigenvalue weighted by Crippen LogP contribution is 2.23. The van der Waals surface area contributed by atoms with Crippen molar-refractivity contribution in [1.82, 2.24) is 19.0 Å². The minimum absolute atomic E-state index is 0.0651. The molecule has 1 fully saturated rings. The molecule has 1 aromatic heterocycles. The lowest BCUT2D eigenvalue weighted by atomic mass is 10.3. The Labute approximate surface area is 169 Å². The van der Waals surface area contributed by atoms with E-state index in [1.807, 2.05) is 4.90 Å². The van der Waals surface area contributed by atoms with Gasteiger partial charge in [0.1, 0.15) is 10.8 Å². The van der Waals surface area contributed by atoms with Crippen molar-refractivity contribution in [3.05, 3.63) is 55.6 Å². The first-order valence-electron chi connectivity index (χ1n) is 7.79. The van der Waals surface area contributed by atoms with E-state index in [2.05, 4.69) is 5.10 Å². The van der Waals surface area contributed by atoms with Gasteiger partial charge < -0.3 is 0 Å². The summed E-state index contributed by atoms with van der Waals surface area (Å²) in [5, 5.41) is 3.65. The van der Waals surface area contributed by atoms with Crippen molar-refractivity contribution in [3.8, 4) is 0 Å². The largest absolute Gasteiger partial charge is 0.288 e. The van der Waals surface area contributed by atoms with E-state index in [-0.39, 0.29) is 39.7 Å². The number of piperazine rings is 1. The van der Waals surface area contributed by atoms with E-state index >= 15 is 0 Å². The summed E-state index contributed by atoms with van der Waals surface area (Å²) < 4.78 is 41.1. The van der Waals surface area contributed by atoms with Crippen LogP contribution < -0.4 is 5.56 Å². The normalized spacial score (nSPS) is 16.6. The third-order valence-electron chi connectivity index (χ3n) is 4.14. The van der Waals surface area contributed by atoms with Crippen LogP contribution in [0.5, 0.6) is 0 Å². The zero-order valence-electron chi connectivity index (χ0n) is 13.8. The summed E-state index contributed by atoms with van der Waals surface area (Å²) in [6, 6.07) is 3.30. The van der Waals surface area contributed by atoms with Crippen LogP contribution in [-0.2, 0) is 16.7 Å². The Balaban J connectivity index is 1.69. The van der Waals surface area contributed by atoms with Gasteiger partial charge >= 0.3 is 0 Å². The fourth-order valence-corrected chi connectivity index (χ4v) is 4.60. The number of benzene rings is 1. The monoisotopic (exact) mass is 454 g/mol. The molecule has 1 aliphatic heterocycles. The molecule has 1 saturated heterocycles. The molecule has 146 valence electrons. The molecule has 3 rings (SSSR count). The maximum absolute atomic E-state index is 13.3. The maximum atomic E-state index is 13.3. The quantitative estimate of drug-likeness (QED) is 0.707. The number of hydrogen-bond donors (Lipinski definition) is 0. The molecule has 0 saturated carbocycles. The maximum Gasteiger partial charge on any atom is 0.288 e. The number of sulfonamides is 1. The molecule has 0 spiro atoms. The topological polar surface area (TPSA) is 75.5 Å². The summed E-state index contributed by atoms with van der Waals surface area (Å²) in [5.74, 6) is -0.681. The van der Waals surface area contributed by atoms with E-state index in [1.54, 1.807) is 0 Å². The van der Waals surface area contributed by atoms with Gasteiger partial charge in [0.25, 0.3) is 5.56 Å². The molecule has 1 aromatic carbocycles. The van der Waals surface area contributed by atoms with Crippen LogP contribution in [0, 0.1) is 5.82 Å². The Kier molecular flexibility index (Phi) is 6.09. The van der Waals surface area contributed by atoms with Crippen LogP contribution in [0.3, 0.4) is 0 Å². The Morgan fingerprint density at radius 3 is 2.37 bits per heavy atom. The number of hydrogen-bond acceptors (Lipinski definition) is 5. The van der Waals surface area contributed by atoms with E-state index in [4.69, 9.17) is 34.8 Å². The lowest BCUT2D eigenvalue weighted by Gasteiger charge is -2.33. The van der Waals surface area contributed by atoms with E-state index in [0.717, 1.165) is 16.8 Å². The molecule has 12 heteroatoms. The molecular formula is C15H14Cl3FN4O3S. The van der Waals surface area contributed by atoms with Gasteiger partial charge in [-0.2, -0.15) is 9.40 Å². The minimum atomic E-state index is -3.79. The van der Waals surface area contributed by atoms with Crippen LogP contribution >= 0.6 is 34.8 Å². The summed E-state index contributed by atoms with van der Waals surface area (Å²) in [5.41, 5.74) is -0.514. The molecule has 0 unspecified atom stereocenters. The van der Waals surface area contributed by atoms with E-state index < -0.39 is 21.4 Å². The van der Waals surface area contributed by atoms with Crippen LogP contribution in [0.4, 0.5) is 4.39 Å². The van der Waals surface area contributed by atoms with Crippen molar-refractivity contribution >= 4 is 44.8 Å². The summed E-state index contributed by atoms with van der Waals surface area (Å²) >= 11 is 17.3. The lowest BCUT2D eigenvalue weighted by Crippen LogP contribution is -2.49. The summed E-state index contributed by atoms with van der Waals surface area (Å²) in [4.78, 5) is 13.8. The first-order valence-corrected chi connectivity index (χ1v) is 10.4. The fourth-order valence-electron chi connectivity index (χ4n) is 2.63. The number of rotatable bonds is 4. The van der Waals surface area contributed by atoms with Crippen molar-refractivity contribution in [2.75, 3.05) is 26.2 Å². The second kappa shape index (κ2) is 8.02. The Hall–Kier alpha value is -1.23. The van der Waals surface area contributed by atoms with Gasteiger partial charge in [-0.3, -0.25) is 9.69 Å². The van der Waals surface area contributed by atoms with Crippen molar-refractivity contribution in [2.24, 2.45) is 0 Å². The van der Waals surface area contributed by atoms with Crippen molar-refractivity contribution in [1.29, 1.82) is 0 Å². The minimum Gasteiger partial charge on any atom is -0.282 e. The highest BCUT2D eigenvalue weighted by Gasteiger charge is 2.29. The van der Waals surface area contributed by atoms with Crippen molar-refractivity contribution < 1.29 is 12.8 Å². The molecule has 7 nitrogen and oxygen atoms in total. The van der Waals surface area contributed by atoms with Gasteiger partial charge in [0.15, 0.2) is 0 Å². The predicted octanol–water partition coefficient (Wildman–Crippen LogP) is 2.31. The second-order valence-electron chi connectivity index (χ2n) is 5.85. The first-order chi connectivity index (χ1) is 12.7. The third-order valence-corrected chi connectivity index (χ3v) is 7.07. The van der Waals surface area contributed by atoms with Crippen molar-refractivity contribution in [3.63, 3.8) is 0 Å². The highest BCUT2D eigenvalue weighted by molar-refractivity contribution is 7.89. The third kappa shape index (κ3) is 4.28. The molecule has 0 N–H and O–H groups in total. The SMILES string of the molecule is O=c1c(Cl)c(Cl)cnn1CN1CCN(S(=O)(=O)c2ccc(F)c(Cl)c2)CC1. The average molecular weight is 456 g/mol. The molecule has 2 aromatic rings. The Morgan fingerprint density at radius 1 is 1.07 bits per heavy atom. The van der Waals surface area contributed by atoms with Crippen LogP contribution in [0.1, 0.15) is 0 Å². The van der Waals surface area contributed by atoms with Crippen LogP contribution in [-0.4, -0.2) is 53.6 Å². The number of nitrogens with zero attached hydrogens (tertiary/aromatic N) is 4. The van der Waals surface area contributed by atoms with Gasteiger partial charge in [0, 0.05) is 26.2 Å². The molecule has 2 heterocycles. The molecule has 0 atom stereocenters. The summed E-state index contributed by atoms with van der Waals surface area (Å²) in [6.07, 6.45) is 1.28. The highest BCUT2D eigenvalue weighted by atomic mass is 35.5. The van der Waals surface area contributed by atoms with Crippen LogP contribution in [0.15, 0.2) is 34.1 Å². The predicted molar refractivity (Wildman–Crippen MR) is 100 cm³/mol. The van der Waals surface area contributed by atoms with Gasteiger partial charge in [0.2, 0.25) is 10.0 Å². The molecule has 0 aliphatic carbocycles. The van der Waals surface area contributed by atoms with Gasteiger partial charge in [-0.05, 0) is 18.2 Å². The summed E-state index contributed by atoms with van der Waals surface area (Å²) in [7, 11) is -3.79. The standard InChI is InChI=1S/C15H14Cl3FN4O3S/c16-11-7-10(1-2-13(11)19)27(25,26)22-5-3-21(4-6-22)9-23-15(24)14(18)12(17)8-20-23/h1-2,7-8H,3-6,9H2. The molecule has 1 aliphatic rings. The van der Waals surface area contributed by atoms with Crippen molar-refractivity contribution in [2.45, 2.75) is 11.6 Å². The van der Waals surface area contributed by atoms with Crippen LogP contribution in [0.25, 0.3) is 0 Å². The zero-order valence-corrected chi connectivity index (χ0v) is 16.9. The average Bonchev–Trinajstić information content (AvgIpc) is 2.65. The first kappa shape index (κ1) is 20.5.